The molecule has 5 nitrogen and oxygen atoms in total. The fourth-order valence-corrected chi connectivity index (χ4v) is 2.65. The Morgan fingerprint density at radius 3 is 2.90 bits per heavy atom. The Bertz CT molecular complexity index is 692. The number of ether oxygens (including phenoxy) is 1. The number of rotatable bonds is 4. The minimum Gasteiger partial charge on any atom is -0.496 e. The van der Waals surface area contributed by atoms with E-state index < -0.39 is 0 Å². The van der Waals surface area contributed by atoms with Crippen LogP contribution in [0.4, 0.5) is 0 Å². The number of pyridine rings is 1. The molecule has 0 radical (unpaired) electrons. The molecule has 21 heavy (non-hydrogen) atoms. The van der Waals surface area contributed by atoms with Crippen LogP contribution in [0.3, 0.4) is 0 Å². The molecule has 2 rings (SSSR count). The predicted molar refractivity (Wildman–Crippen MR) is 92.7 cm³/mol. The van der Waals surface area contributed by atoms with Gasteiger partial charge in [-0.3, -0.25) is 9.78 Å². The van der Waals surface area contributed by atoms with Crippen molar-refractivity contribution in [3.63, 3.8) is 0 Å². The summed E-state index contributed by atoms with van der Waals surface area (Å²) in [6.45, 7) is 0. The van der Waals surface area contributed by atoms with Gasteiger partial charge in [-0.25, -0.2) is 5.43 Å². The van der Waals surface area contributed by atoms with Gasteiger partial charge in [0.05, 0.1) is 22.5 Å². The van der Waals surface area contributed by atoms with Gasteiger partial charge in [0.15, 0.2) is 0 Å². The fraction of sp³-hybridized carbons (Fsp3) is 0.0714. The molecule has 1 aromatic heterocycles. The standard InChI is InChI=1S/C14H11BrIN3O2/c1-21-13-3-2-9(4-12(13)16)6-18-19-14(20)10-5-11(15)8-17-7-10/h2-8H,1H3,(H,19,20)/b18-6-. The number of hydrogen-bond donors (Lipinski definition) is 1. The first-order valence-electron chi connectivity index (χ1n) is 5.87. The molecule has 0 atom stereocenters. The Hall–Kier alpha value is -1.48. The fourth-order valence-electron chi connectivity index (χ4n) is 1.53. The van der Waals surface area contributed by atoms with Crippen LogP contribution in [0.15, 0.2) is 46.2 Å². The minimum absolute atomic E-state index is 0.316. The summed E-state index contributed by atoms with van der Waals surface area (Å²) in [7, 11) is 1.62. The average Bonchev–Trinajstić information content (AvgIpc) is 2.47. The molecule has 0 aliphatic heterocycles. The van der Waals surface area contributed by atoms with Crippen LogP contribution in [0, 0.1) is 3.57 Å². The van der Waals surface area contributed by atoms with Crippen molar-refractivity contribution in [2.75, 3.05) is 7.11 Å². The number of aromatic nitrogens is 1. The summed E-state index contributed by atoms with van der Waals surface area (Å²) in [5.41, 5.74) is 3.76. The molecule has 0 bridgehead atoms. The lowest BCUT2D eigenvalue weighted by molar-refractivity contribution is 0.0954. The molecule has 0 unspecified atom stereocenters. The van der Waals surface area contributed by atoms with Crippen molar-refractivity contribution in [3.8, 4) is 5.75 Å². The van der Waals surface area contributed by atoms with E-state index in [1.807, 2.05) is 18.2 Å². The average molecular weight is 460 g/mol. The van der Waals surface area contributed by atoms with E-state index in [0.717, 1.165) is 19.4 Å². The van der Waals surface area contributed by atoms with Crippen molar-refractivity contribution in [2.24, 2.45) is 5.10 Å². The molecule has 0 saturated heterocycles. The number of carbonyl (C=O) groups excluding carboxylic acids is 1. The van der Waals surface area contributed by atoms with Gasteiger partial charge in [0.1, 0.15) is 5.75 Å². The summed E-state index contributed by atoms with van der Waals surface area (Å²) in [4.78, 5) is 15.8. The van der Waals surface area contributed by atoms with Gasteiger partial charge < -0.3 is 4.74 Å². The highest BCUT2D eigenvalue weighted by Crippen LogP contribution is 2.20. The lowest BCUT2D eigenvalue weighted by atomic mass is 10.2. The highest BCUT2D eigenvalue weighted by molar-refractivity contribution is 14.1. The predicted octanol–water partition coefficient (Wildman–Crippen LogP) is 3.22. The van der Waals surface area contributed by atoms with E-state index in [1.165, 1.54) is 6.20 Å². The first-order valence-corrected chi connectivity index (χ1v) is 7.75. The first-order chi connectivity index (χ1) is 10.1. The molecule has 1 aromatic carbocycles. The molecule has 0 spiro atoms. The van der Waals surface area contributed by atoms with E-state index in [-0.39, 0.29) is 5.91 Å². The second-order valence-corrected chi connectivity index (χ2v) is 6.06. The molecule has 1 amide bonds. The van der Waals surface area contributed by atoms with Gasteiger partial charge in [-0.2, -0.15) is 5.10 Å². The largest absolute Gasteiger partial charge is 0.496 e. The smallest absolute Gasteiger partial charge is 0.272 e. The zero-order valence-corrected chi connectivity index (χ0v) is 14.8. The van der Waals surface area contributed by atoms with Crippen LogP contribution in [-0.4, -0.2) is 24.2 Å². The zero-order chi connectivity index (χ0) is 15.2. The first kappa shape index (κ1) is 15.9. The van der Waals surface area contributed by atoms with E-state index in [4.69, 9.17) is 4.74 Å². The SMILES string of the molecule is COc1ccc(/C=N\NC(=O)c2cncc(Br)c2)cc1I. The van der Waals surface area contributed by atoms with Crippen molar-refractivity contribution < 1.29 is 9.53 Å². The normalized spacial score (nSPS) is 10.6. The Kier molecular flexibility index (Phi) is 5.68. The number of carbonyl (C=O) groups is 1. The summed E-state index contributed by atoms with van der Waals surface area (Å²) in [5, 5.41) is 3.93. The van der Waals surface area contributed by atoms with Crippen LogP contribution in [0.1, 0.15) is 15.9 Å². The van der Waals surface area contributed by atoms with Crippen molar-refractivity contribution in [1.82, 2.24) is 10.4 Å². The summed E-state index contributed by atoms with van der Waals surface area (Å²) < 4.78 is 6.89. The van der Waals surface area contributed by atoms with Crippen LogP contribution < -0.4 is 10.2 Å². The maximum absolute atomic E-state index is 11.8. The number of halogens is 2. The van der Waals surface area contributed by atoms with Crippen LogP contribution in [0.2, 0.25) is 0 Å². The van der Waals surface area contributed by atoms with E-state index in [1.54, 1.807) is 25.6 Å². The summed E-state index contributed by atoms with van der Waals surface area (Å²) in [6.07, 6.45) is 4.66. The molecule has 0 aliphatic carbocycles. The molecular weight excluding hydrogens is 449 g/mol. The summed E-state index contributed by atoms with van der Waals surface area (Å²) in [6, 6.07) is 7.30. The Balaban J connectivity index is 2.02. The molecule has 0 fully saturated rings. The lowest BCUT2D eigenvalue weighted by Gasteiger charge is -2.03. The maximum atomic E-state index is 11.8. The van der Waals surface area contributed by atoms with Gasteiger partial charge in [0.25, 0.3) is 5.91 Å². The van der Waals surface area contributed by atoms with Crippen LogP contribution in [0.25, 0.3) is 0 Å². The molecule has 0 saturated carbocycles. The molecule has 2 aromatic rings. The van der Waals surface area contributed by atoms with Gasteiger partial charge in [0, 0.05) is 16.9 Å². The molecule has 108 valence electrons. The van der Waals surface area contributed by atoms with E-state index in [9.17, 15) is 4.79 Å². The molecule has 1 N–H and O–H groups in total. The topological polar surface area (TPSA) is 63.6 Å². The second-order valence-electron chi connectivity index (χ2n) is 3.98. The highest BCUT2D eigenvalue weighted by atomic mass is 127. The summed E-state index contributed by atoms with van der Waals surface area (Å²) in [5.74, 6) is 0.486. The number of methoxy groups -OCH3 is 1. The van der Waals surface area contributed by atoms with Crippen LogP contribution in [0.5, 0.6) is 5.75 Å². The molecular formula is C14H11BrIN3O2. The van der Waals surface area contributed by atoms with Crippen molar-refractivity contribution in [1.29, 1.82) is 0 Å². The van der Waals surface area contributed by atoms with Gasteiger partial charge in [0.2, 0.25) is 0 Å². The number of nitrogens with one attached hydrogen (secondary N) is 1. The van der Waals surface area contributed by atoms with Crippen molar-refractivity contribution >= 4 is 50.6 Å². The number of hydrogen-bond acceptors (Lipinski definition) is 4. The van der Waals surface area contributed by atoms with E-state index in [2.05, 4.69) is 54.0 Å². The monoisotopic (exact) mass is 459 g/mol. The third kappa shape index (κ3) is 4.50. The molecule has 0 aliphatic rings. The number of amides is 1. The zero-order valence-electron chi connectivity index (χ0n) is 11.0. The number of benzene rings is 1. The highest BCUT2D eigenvalue weighted by Gasteiger charge is 2.05. The van der Waals surface area contributed by atoms with E-state index in [0.29, 0.717) is 5.56 Å². The summed E-state index contributed by atoms with van der Waals surface area (Å²) >= 11 is 5.44. The van der Waals surface area contributed by atoms with E-state index >= 15 is 0 Å². The van der Waals surface area contributed by atoms with Crippen LogP contribution >= 0.6 is 38.5 Å². The minimum atomic E-state index is -0.316. The third-order valence-corrected chi connectivity index (χ3v) is 3.80. The van der Waals surface area contributed by atoms with Crippen LogP contribution in [-0.2, 0) is 0 Å². The van der Waals surface area contributed by atoms with Gasteiger partial charge >= 0.3 is 0 Å². The quantitative estimate of drug-likeness (QED) is 0.433. The molecule has 1 heterocycles. The Labute approximate surface area is 144 Å². The van der Waals surface area contributed by atoms with Gasteiger partial charge in [-0.1, -0.05) is 0 Å². The van der Waals surface area contributed by atoms with Gasteiger partial charge in [-0.05, 0) is 68.3 Å². The number of nitrogens with zero attached hydrogens (tertiary/aromatic N) is 2. The molecule has 7 heteroatoms. The van der Waals surface area contributed by atoms with Gasteiger partial charge in [-0.15, -0.1) is 0 Å². The number of hydrazone groups is 1. The Morgan fingerprint density at radius 2 is 2.24 bits per heavy atom. The Morgan fingerprint density at radius 1 is 1.43 bits per heavy atom. The van der Waals surface area contributed by atoms with Crippen molar-refractivity contribution in [2.45, 2.75) is 0 Å². The van der Waals surface area contributed by atoms with Crippen molar-refractivity contribution in [3.05, 3.63) is 55.8 Å². The third-order valence-electron chi connectivity index (χ3n) is 2.52. The lowest BCUT2D eigenvalue weighted by Crippen LogP contribution is -2.17. The maximum Gasteiger partial charge on any atom is 0.272 e. The second kappa shape index (κ2) is 7.51.